The maximum absolute atomic E-state index is 13.2. The van der Waals surface area contributed by atoms with Crippen LogP contribution in [-0.2, 0) is 0 Å². The Kier molecular flexibility index (Phi) is 5.84. The molecule has 1 fully saturated rings. The Hall–Kier alpha value is -3.14. The third kappa shape index (κ3) is 4.09. The second-order valence-corrected chi connectivity index (χ2v) is 7.46. The molecule has 4 rings (SSSR count). The van der Waals surface area contributed by atoms with E-state index in [-0.39, 0.29) is 17.5 Å². The Morgan fingerprint density at radius 2 is 1.73 bits per heavy atom. The molecule has 0 aliphatic carbocycles. The summed E-state index contributed by atoms with van der Waals surface area (Å²) in [6.45, 7) is 2.03. The molecule has 0 N–H and O–H groups in total. The van der Waals surface area contributed by atoms with Gasteiger partial charge in [-0.15, -0.1) is 0 Å². The molecule has 1 aliphatic heterocycles. The number of rotatable bonds is 4. The average molecular weight is 424 g/mol. The van der Waals surface area contributed by atoms with Crippen LogP contribution in [0.25, 0.3) is 11.3 Å². The second kappa shape index (κ2) is 8.70. The minimum absolute atomic E-state index is 0.191. The molecule has 7 heteroatoms. The zero-order chi connectivity index (χ0) is 21.1. The number of nitriles is 1. The van der Waals surface area contributed by atoms with Crippen molar-refractivity contribution in [2.24, 2.45) is 0 Å². The van der Waals surface area contributed by atoms with Crippen LogP contribution < -0.4 is 0 Å². The zero-order valence-electron chi connectivity index (χ0n) is 16.1. The molecule has 30 heavy (non-hydrogen) atoms. The number of benzene rings is 2. The fourth-order valence-electron chi connectivity index (χ4n) is 3.61. The van der Waals surface area contributed by atoms with Gasteiger partial charge < -0.3 is 9.32 Å². The zero-order valence-corrected chi connectivity index (χ0v) is 16.8. The van der Waals surface area contributed by atoms with E-state index in [0.717, 1.165) is 11.1 Å². The number of carbonyl (C=O) groups is 1. The smallest absolute Gasteiger partial charge is 0.289 e. The lowest BCUT2D eigenvalue weighted by Gasteiger charge is -2.36. The molecule has 0 radical (unpaired) electrons. The van der Waals surface area contributed by atoms with Crippen molar-refractivity contribution >= 4 is 17.5 Å². The first-order valence-electron chi connectivity index (χ1n) is 9.60. The highest BCUT2D eigenvalue weighted by Gasteiger charge is 2.28. The van der Waals surface area contributed by atoms with Gasteiger partial charge in [0.2, 0.25) is 0 Å². The fourth-order valence-corrected chi connectivity index (χ4v) is 3.84. The quantitative estimate of drug-likeness (QED) is 0.607. The van der Waals surface area contributed by atoms with Crippen LogP contribution in [0.2, 0.25) is 5.02 Å². The van der Waals surface area contributed by atoms with E-state index in [0.29, 0.717) is 37.0 Å². The molecule has 3 aromatic rings. The highest BCUT2D eigenvalue weighted by atomic mass is 35.5. The molecule has 0 saturated carbocycles. The Morgan fingerprint density at radius 3 is 2.40 bits per heavy atom. The molecule has 2 heterocycles. The minimum atomic E-state index is -0.474. The first kappa shape index (κ1) is 20.1. The molecule has 1 aromatic heterocycles. The van der Waals surface area contributed by atoms with E-state index >= 15 is 0 Å². The van der Waals surface area contributed by atoms with Crippen LogP contribution in [0, 0.1) is 17.1 Å². The van der Waals surface area contributed by atoms with Gasteiger partial charge in [-0.05, 0) is 42.0 Å². The van der Waals surface area contributed by atoms with Crippen molar-refractivity contribution in [2.75, 3.05) is 26.2 Å². The van der Waals surface area contributed by atoms with E-state index in [2.05, 4.69) is 6.07 Å². The van der Waals surface area contributed by atoms with Gasteiger partial charge >= 0.3 is 0 Å². The van der Waals surface area contributed by atoms with Crippen molar-refractivity contribution < 1.29 is 13.6 Å². The highest BCUT2D eigenvalue weighted by Crippen LogP contribution is 2.30. The third-order valence-corrected chi connectivity index (χ3v) is 5.56. The predicted octanol–water partition coefficient (Wildman–Crippen LogP) is 4.76. The standard InChI is InChI=1S/C23H19ClFN3O2/c24-19-4-2-1-3-18(19)21-9-10-22(30-21)23(29)28-13-11-27(12-14-28)20(15-26)16-5-7-17(25)8-6-16/h1-10,20H,11-14H2/t20-/m0/s1. The summed E-state index contributed by atoms with van der Waals surface area (Å²) in [4.78, 5) is 16.6. The normalized spacial score (nSPS) is 15.6. The molecule has 0 bridgehead atoms. The molecular weight excluding hydrogens is 405 g/mol. The van der Waals surface area contributed by atoms with E-state index in [9.17, 15) is 14.4 Å². The van der Waals surface area contributed by atoms with Crippen molar-refractivity contribution in [3.63, 3.8) is 0 Å². The first-order valence-corrected chi connectivity index (χ1v) is 9.98. The summed E-state index contributed by atoms with van der Waals surface area (Å²) >= 11 is 6.21. The average Bonchev–Trinajstić information content (AvgIpc) is 3.26. The number of piperazine rings is 1. The van der Waals surface area contributed by atoms with Crippen LogP contribution in [0.5, 0.6) is 0 Å². The Balaban J connectivity index is 1.42. The van der Waals surface area contributed by atoms with Gasteiger partial charge in [-0.2, -0.15) is 5.26 Å². The molecule has 1 aliphatic rings. The van der Waals surface area contributed by atoms with E-state index in [1.165, 1.54) is 12.1 Å². The van der Waals surface area contributed by atoms with Crippen molar-refractivity contribution in [3.8, 4) is 17.4 Å². The first-order chi connectivity index (χ1) is 14.6. The van der Waals surface area contributed by atoms with Crippen LogP contribution in [0.15, 0.2) is 65.1 Å². The minimum Gasteiger partial charge on any atom is -0.451 e. The number of nitrogens with zero attached hydrogens (tertiary/aromatic N) is 3. The maximum atomic E-state index is 13.2. The van der Waals surface area contributed by atoms with Crippen molar-refractivity contribution in [1.29, 1.82) is 5.26 Å². The Morgan fingerprint density at radius 1 is 1.03 bits per heavy atom. The van der Waals surface area contributed by atoms with Gasteiger partial charge in [0.05, 0.1) is 11.1 Å². The Bertz CT molecular complexity index is 1080. The lowest BCUT2D eigenvalue weighted by atomic mass is 10.1. The largest absolute Gasteiger partial charge is 0.451 e. The summed E-state index contributed by atoms with van der Waals surface area (Å²) in [7, 11) is 0. The monoisotopic (exact) mass is 423 g/mol. The number of halogens is 2. The third-order valence-electron chi connectivity index (χ3n) is 5.23. The summed E-state index contributed by atoms with van der Waals surface area (Å²) in [5, 5.41) is 10.2. The summed E-state index contributed by atoms with van der Waals surface area (Å²) in [5.41, 5.74) is 1.48. The molecule has 1 amide bonds. The number of carbonyl (C=O) groups excluding carboxylic acids is 1. The van der Waals surface area contributed by atoms with Crippen LogP contribution in [-0.4, -0.2) is 41.9 Å². The lowest BCUT2D eigenvalue weighted by Crippen LogP contribution is -2.49. The van der Waals surface area contributed by atoms with E-state index in [4.69, 9.17) is 16.0 Å². The van der Waals surface area contributed by atoms with Crippen LogP contribution >= 0.6 is 11.6 Å². The molecule has 0 unspecified atom stereocenters. The fraction of sp³-hybridized carbons (Fsp3) is 0.217. The number of hydrogen-bond donors (Lipinski definition) is 0. The summed E-state index contributed by atoms with van der Waals surface area (Å²) in [6, 6.07) is 18.5. The van der Waals surface area contributed by atoms with Gasteiger partial charge in [0, 0.05) is 31.7 Å². The number of amides is 1. The van der Waals surface area contributed by atoms with Crippen molar-refractivity contribution in [3.05, 3.63) is 82.8 Å². The van der Waals surface area contributed by atoms with E-state index < -0.39 is 6.04 Å². The van der Waals surface area contributed by atoms with Gasteiger partial charge in [-0.25, -0.2) is 4.39 Å². The predicted molar refractivity (Wildman–Crippen MR) is 111 cm³/mol. The van der Waals surface area contributed by atoms with Gasteiger partial charge in [0.1, 0.15) is 17.6 Å². The molecule has 5 nitrogen and oxygen atoms in total. The highest BCUT2D eigenvalue weighted by molar-refractivity contribution is 6.33. The van der Waals surface area contributed by atoms with E-state index in [1.807, 2.05) is 23.1 Å². The van der Waals surface area contributed by atoms with E-state index in [1.54, 1.807) is 35.2 Å². The molecule has 0 spiro atoms. The molecule has 1 saturated heterocycles. The van der Waals surface area contributed by atoms with Crippen molar-refractivity contribution in [1.82, 2.24) is 9.80 Å². The van der Waals surface area contributed by atoms with Crippen LogP contribution in [0.3, 0.4) is 0 Å². The van der Waals surface area contributed by atoms with Crippen LogP contribution in [0.4, 0.5) is 4.39 Å². The topological polar surface area (TPSA) is 60.5 Å². The molecule has 152 valence electrons. The molecular formula is C23H19ClFN3O2. The van der Waals surface area contributed by atoms with Gasteiger partial charge in [0.15, 0.2) is 5.76 Å². The maximum Gasteiger partial charge on any atom is 0.289 e. The Labute approximate surface area is 178 Å². The summed E-state index contributed by atoms with van der Waals surface area (Å²) in [6.07, 6.45) is 0. The molecule has 1 atom stereocenters. The summed E-state index contributed by atoms with van der Waals surface area (Å²) in [5.74, 6) is 0.279. The van der Waals surface area contributed by atoms with Gasteiger partial charge in [-0.1, -0.05) is 35.9 Å². The van der Waals surface area contributed by atoms with Crippen LogP contribution in [0.1, 0.15) is 22.2 Å². The number of hydrogen-bond acceptors (Lipinski definition) is 4. The van der Waals surface area contributed by atoms with Gasteiger partial charge in [-0.3, -0.25) is 9.69 Å². The second-order valence-electron chi connectivity index (χ2n) is 7.06. The summed E-state index contributed by atoms with van der Waals surface area (Å²) < 4.78 is 18.9. The number of furan rings is 1. The molecule has 2 aromatic carbocycles. The SMILES string of the molecule is N#C[C@@H](c1ccc(F)cc1)N1CCN(C(=O)c2ccc(-c3ccccc3Cl)o2)CC1. The van der Waals surface area contributed by atoms with Gasteiger partial charge in [0.25, 0.3) is 5.91 Å². The lowest BCUT2D eigenvalue weighted by molar-refractivity contribution is 0.0577. The van der Waals surface area contributed by atoms with Crippen molar-refractivity contribution in [2.45, 2.75) is 6.04 Å².